The molecule has 0 aromatic carbocycles. The predicted molar refractivity (Wildman–Crippen MR) is 94.0 cm³/mol. The lowest BCUT2D eigenvalue weighted by Crippen LogP contribution is -2.34. The summed E-state index contributed by atoms with van der Waals surface area (Å²) < 4.78 is 10.1. The van der Waals surface area contributed by atoms with Gasteiger partial charge in [-0.05, 0) is 24.3 Å². The van der Waals surface area contributed by atoms with Crippen LogP contribution in [0.25, 0.3) is 0 Å². The van der Waals surface area contributed by atoms with Crippen LogP contribution in [0.1, 0.15) is 59.8 Å². The number of methoxy groups -OCH3 is 1. The molecule has 3 heterocycles. The highest BCUT2D eigenvalue weighted by Crippen LogP contribution is 2.33. The van der Waals surface area contributed by atoms with E-state index in [0.717, 1.165) is 24.3 Å². The number of likely N-dealkylation sites (tertiary alicyclic amines) is 1. The predicted octanol–water partition coefficient (Wildman–Crippen LogP) is 4.02. The van der Waals surface area contributed by atoms with Crippen LogP contribution < -0.4 is 5.32 Å². The first-order valence-electron chi connectivity index (χ1n) is 8.21. The summed E-state index contributed by atoms with van der Waals surface area (Å²) in [6, 6.07) is 3.26. The Morgan fingerprint density at radius 2 is 2.28 bits per heavy atom. The third kappa shape index (κ3) is 3.53. The lowest BCUT2D eigenvalue weighted by molar-refractivity contribution is 0.0607. The van der Waals surface area contributed by atoms with Crippen LogP contribution in [-0.2, 0) is 4.74 Å². The molecule has 1 aliphatic heterocycles. The lowest BCUT2D eigenvalue weighted by Gasteiger charge is -2.23. The average Bonchev–Trinajstić information content (AvgIpc) is 3.32. The summed E-state index contributed by atoms with van der Waals surface area (Å²) in [5.74, 6) is 0.604. The number of nitrogens with one attached hydrogen (secondary N) is 1. The number of aromatic nitrogens is 1. The summed E-state index contributed by atoms with van der Waals surface area (Å²) in [7, 11) is 1.32. The van der Waals surface area contributed by atoms with Gasteiger partial charge in [-0.3, -0.25) is 0 Å². The van der Waals surface area contributed by atoms with E-state index < -0.39 is 5.97 Å². The van der Waals surface area contributed by atoms with Gasteiger partial charge in [-0.25, -0.2) is 9.59 Å². The van der Waals surface area contributed by atoms with Gasteiger partial charge in [0.2, 0.25) is 0 Å². The van der Waals surface area contributed by atoms with Crippen molar-refractivity contribution in [1.82, 2.24) is 10.1 Å². The van der Waals surface area contributed by atoms with Gasteiger partial charge in [0.25, 0.3) is 0 Å². The number of hydrogen-bond donors (Lipinski definition) is 1. The molecular formula is C17H21N3O4S. The van der Waals surface area contributed by atoms with Gasteiger partial charge in [0.05, 0.1) is 18.8 Å². The number of thiophene rings is 1. The molecule has 2 aromatic heterocycles. The van der Waals surface area contributed by atoms with Gasteiger partial charge in [-0.15, -0.1) is 11.3 Å². The maximum atomic E-state index is 12.7. The second-order valence-corrected chi connectivity index (χ2v) is 7.16. The fourth-order valence-corrected chi connectivity index (χ4v) is 3.66. The molecule has 0 spiro atoms. The van der Waals surface area contributed by atoms with Gasteiger partial charge >= 0.3 is 12.0 Å². The highest BCUT2D eigenvalue weighted by atomic mass is 32.1. The molecule has 1 N–H and O–H groups in total. The number of amides is 2. The highest BCUT2D eigenvalue weighted by molar-refractivity contribution is 7.12. The van der Waals surface area contributed by atoms with Crippen LogP contribution in [0, 0.1) is 0 Å². The Balaban J connectivity index is 1.75. The average molecular weight is 363 g/mol. The van der Waals surface area contributed by atoms with Crippen LogP contribution in [0.3, 0.4) is 0 Å². The van der Waals surface area contributed by atoms with Crippen LogP contribution >= 0.6 is 11.3 Å². The minimum absolute atomic E-state index is 0.114. The highest BCUT2D eigenvalue weighted by Gasteiger charge is 2.33. The minimum atomic E-state index is -0.457. The maximum absolute atomic E-state index is 12.7. The molecule has 1 fully saturated rings. The van der Waals surface area contributed by atoms with Crippen LogP contribution in [0.4, 0.5) is 10.5 Å². The molecule has 1 saturated heterocycles. The number of carbonyl (C=O) groups is 2. The third-order valence-corrected chi connectivity index (χ3v) is 5.14. The quantitative estimate of drug-likeness (QED) is 0.830. The minimum Gasteiger partial charge on any atom is -0.465 e. The molecule has 1 aliphatic rings. The fraction of sp³-hybridized carbons (Fsp3) is 0.471. The van der Waals surface area contributed by atoms with E-state index in [1.165, 1.54) is 18.4 Å². The van der Waals surface area contributed by atoms with Crippen LogP contribution in [0.2, 0.25) is 0 Å². The molecule has 8 heteroatoms. The van der Waals surface area contributed by atoms with E-state index in [2.05, 4.69) is 10.5 Å². The zero-order chi connectivity index (χ0) is 18.0. The number of carbonyl (C=O) groups excluding carboxylic acids is 2. The first kappa shape index (κ1) is 17.5. The van der Waals surface area contributed by atoms with Crippen molar-refractivity contribution in [2.24, 2.45) is 0 Å². The smallest absolute Gasteiger partial charge is 0.350 e. The molecule has 134 valence electrons. The summed E-state index contributed by atoms with van der Waals surface area (Å²) in [5.41, 5.74) is 1.24. The largest absolute Gasteiger partial charge is 0.465 e. The molecule has 2 aromatic rings. The summed E-state index contributed by atoms with van der Waals surface area (Å²) >= 11 is 1.24. The SMILES string of the molecule is COC(=O)c1sccc1NC(=O)N1CCC[C@@H]1c1cc(C(C)C)on1. The van der Waals surface area contributed by atoms with E-state index in [1.807, 2.05) is 19.9 Å². The number of urea groups is 1. The van der Waals surface area contributed by atoms with Gasteiger partial charge < -0.3 is 19.5 Å². The van der Waals surface area contributed by atoms with Crippen molar-refractivity contribution in [3.05, 3.63) is 33.8 Å². The molecule has 0 unspecified atom stereocenters. The topological polar surface area (TPSA) is 84.7 Å². The molecule has 0 aliphatic carbocycles. The lowest BCUT2D eigenvalue weighted by atomic mass is 10.1. The summed E-state index contributed by atoms with van der Waals surface area (Å²) in [4.78, 5) is 26.6. The number of nitrogens with zero attached hydrogens (tertiary/aromatic N) is 2. The normalized spacial score (nSPS) is 17.1. The third-order valence-electron chi connectivity index (χ3n) is 4.25. The molecule has 0 saturated carbocycles. The van der Waals surface area contributed by atoms with Gasteiger partial charge in [0, 0.05) is 18.5 Å². The van der Waals surface area contributed by atoms with Crippen LogP contribution in [-0.4, -0.2) is 35.7 Å². The molecule has 3 rings (SSSR count). The second-order valence-electron chi connectivity index (χ2n) is 6.25. The van der Waals surface area contributed by atoms with E-state index in [9.17, 15) is 9.59 Å². The van der Waals surface area contributed by atoms with Crippen LogP contribution in [0.5, 0.6) is 0 Å². The Hall–Kier alpha value is -2.35. The number of hydrogen-bond acceptors (Lipinski definition) is 6. The summed E-state index contributed by atoms with van der Waals surface area (Å²) in [5, 5.41) is 8.70. The first-order valence-corrected chi connectivity index (χ1v) is 9.09. The van der Waals surface area contributed by atoms with E-state index in [-0.39, 0.29) is 18.0 Å². The van der Waals surface area contributed by atoms with Crippen molar-refractivity contribution in [3.8, 4) is 0 Å². The Kier molecular flexibility index (Phi) is 5.08. The van der Waals surface area contributed by atoms with Gasteiger partial charge in [-0.1, -0.05) is 19.0 Å². The van der Waals surface area contributed by atoms with E-state index in [0.29, 0.717) is 17.1 Å². The zero-order valence-electron chi connectivity index (χ0n) is 14.4. The molecular weight excluding hydrogens is 342 g/mol. The number of ether oxygens (including phenoxy) is 1. The Morgan fingerprint density at radius 1 is 1.48 bits per heavy atom. The molecule has 2 amide bonds. The van der Waals surface area contributed by atoms with Crippen molar-refractivity contribution in [2.45, 2.75) is 38.6 Å². The Labute approximate surface area is 149 Å². The van der Waals surface area contributed by atoms with E-state index in [4.69, 9.17) is 9.26 Å². The fourth-order valence-electron chi connectivity index (χ4n) is 2.90. The van der Waals surface area contributed by atoms with Crippen molar-refractivity contribution in [3.63, 3.8) is 0 Å². The molecule has 1 atom stereocenters. The van der Waals surface area contributed by atoms with Gasteiger partial charge in [0.1, 0.15) is 16.3 Å². The molecule has 25 heavy (non-hydrogen) atoms. The maximum Gasteiger partial charge on any atom is 0.350 e. The first-order chi connectivity index (χ1) is 12.0. The summed E-state index contributed by atoms with van der Waals surface area (Å²) in [6.45, 7) is 4.71. The number of rotatable bonds is 4. The zero-order valence-corrected chi connectivity index (χ0v) is 15.3. The second kappa shape index (κ2) is 7.26. The van der Waals surface area contributed by atoms with Crippen molar-refractivity contribution in [1.29, 1.82) is 0 Å². The Morgan fingerprint density at radius 3 is 2.96 bits per heavy atom. The number of anilines is 1. The molecule has 0 bridgehead atoms. The number of esters is 1. The standard InChI is InChI=1S/C17H21N3O4S/c1-10(2)14-9-12(19-24-14)13-5-4-7-20(13)17(22)18-11-6-8-25-15(11)16(21)23-3/h6,8-10,13H,4-5,7H2,1-3H3,(H,18,22)/t13-/m1/s1. The van der Waals surface area contributed by atoms with E-state index in [1.54, 1.807) is 16.3 Å². The van der Waals surface area contributed by atoms with E-state index >= 15 is 0 Å². The van der Waals surface area contributed by atoms with Crippen molar-refractivity contribution in [2.75, 3.05) is 19.0 Å². The van der Waals surface area contributed by atoms with Gasteiger partial charge in [-0.2, -0.15) is 0 Å². The monoisotopic (exact) mass is 363 g/mol. The van der Waals surface area contributed by atoms with Gasteiger partial charge in [0.15, 0.2) is 0 Å². The molecule has 0 radical (unpaired) electrons. The summed E-state index contributed by atoms with van der Waals surface area (Å²) in [6.07, 6.45) is 1.74. The van der Waals surface area contributed by atoms with Crippen LogP contribution in [0.15, 0.2) is 22.0 Å². The van der Waals surface area contributed by atoms with Crippen molar-refractivity contribution < 1.29 is 18.8 Å². The Bertz CT molecular complexity index is 768. The van der Waals surface area contributed by atoms with Crippen molar-refractivity contribution >= 4 is 29.0 Å². The molecule has 7 nitrogen and oxygen atoms in total.